The highest BCUT2D eigenvalue weighted by atomic mass is 16.8. The summed E-state index contributed by atoms with van der Waals surface area (Å²) in [5, 5.41) is 0. The van der Waals surface area contributed by atoms with Gasteiger partial charge in [-0.15, -0.1) is 0 Å². The van der Waals surface area contributed by atoms with Crippen molar-refractivity contribution in [2.24, 2.45) is 11.8 Å². The Morgan fingerprint density at radius 1 is 1.50 bits per heavy atom. The van der Waals surface area contributed by atoms with Crippen molar-refractivity contribution < 1.29 is 9.47 Å². The van der Waals surface area contributed by atoms with Gasteiger partial charge in [-0.3, -0.25) is 0 Å². The van der Waals surface area contributed by atoms with E-state index in [1.165, 1.54) is 0 Å². The van der Waals surface area contributed by atoms with E-state index in [-0.39, 0.29) is 11.8 Å². The third kappa shape index (κ3) is 0.677. The van der Waals surface area contributed by atoms with Crippen LogP contribution in [0.1, 0.15) is 13.8 Å². The van der Waals surface area contributed by atoms with Crippen LogP contribution in [0.25, 0.3) is 0 Å². The first-order chi connectivity index (χ1) is 4.66. The van der Waals surface area contributed by atoms with Gasteiger partial charge in [-0.1, -0.05) is 13.8 Å². The summed E-state index contributed by atoms with van der Waals surface area (Å²) in [4.78, 5) is 0. The molecule has 1 spiro atoms. The zero-order valence-corrected chi connectivity index (χ0v) is 6.33. The summed E-state index contributed by atoms with van der Waals surface area (Å²) in [6.07, 6.45) is 0. The summed E-state index contributed by atoms with van der Waals surface area (Å²) in [7, 11) is 5.68. The molecular formula is C7H11BO2. The number of hydrogen-bond donors (Lipinski definition) is 0. The molecule has 0 aliphatic carbocycles. The van der Waals surface area contributed by atoms with Crippen LogP contribution in [-0.2, 0) is 9.47 Å². The normalized spacial score (nSPS) is 59.6. The monoisotopic (exact) mass is 138 g/mol. The van der Waals surface area contributed by atoms with Crippen LogP contribution >= 0.6 is 0 Å². The Labute approximate surface area is 62.3 Å². The van der Waals surface area contributed by atoms with Gasteiger partial charge in [0.25, 0.3) is 0 Å². The van der Waals surface area contributed by atoms with Crippen LogP contribution in [0, 0.1) is 11.8 Å². The molecule has 2 radical (unpaired) electrons. The molecule has 0 aromatic carbocycles. The topological polar surface area (TPSA) is 21.8 Å². The molecule has 2 fully saturated rings. The van der Waals surface area contributed by atoms with Gasteiger partial charge >= 0.3 is 0 Å². The van der Waals surface area contributed by atoms with Crippen LogP contribution in [-0.4, -0.2) is 26.2 Å². The average molecular weight is 138 g/mol. The minimum absolute atomic E-state index is 0.127. The maximum absolute atomic E-state index is 5.68. The van der Waals surface area contributed by atoms with Gasteiger partial charge in [0, 0.05) is 11.9 Å². The smallest absolute Gasteiger partial charge is 0.194 e. The molecule has 2 rings (SSSR count). The van der Waals surface area contributed by atoms with Crippen LogP contribution < -0.4 is 0 Å². The molecule has 0 bridgehead atoms. The van der Waals surface area contributed by atoms with Crippen molar-refractivity contribution in [2.75, 3.05) is 6.61 Å². The molecule has 0 saturated carbocycles. The molecule has 10 heavy (non-hydrogen) atoms. The Hall–Kier alpha value is -0.0151. The second-order valence-electron chi connectivity index (χ2n) is 3.33. The molecule has 0 aromatic rings. The van der Waals surface area contributed by atoms with Crippen LogP contribution in [0.3, 0.4) is 0 Å². The lowest BCUT2D eigenvalue weighted by Crippen LogP contribution is -2.18. The highest BCUT2D eigenvalue weighted by Crippen LogP contribution is 2.48. The van der Waals surface area contributed by atoms with E-state index in [0.29, 0.717) is 11.8 Å². The predicted octanol–water partition coefficient (Wildman–Crippen LogP) is 0.510. The first kappa shape index (κ1) is 6.68. The Kier molecular flexibility index (Phi) is 1.18. The van der Waals surface area contributed by atoms with Gasteiger partial charge < -0.3 is 9.47 Å². The Bertz CT molecular complexity index is 156. The highest BCUT2D eigenvalue weighted by Gasteiger charge is 2.59. The van der Waals surface area contributed by atoms with Crippen LogP contribution in [0.15, 0.2) is 0 Å². The predicted molar refractivity (Wildman–Crippen MR) is 37.6 cm³/mol. The molecule has 2 nitrogen and oxygen atoms in total. The second-order valence-corrected chi connectivity index (χ2v) is 3.33. The first-order valence-corrected chi connectivity index (χ1v) is 3.73. The Morgan fingerprint density at radius 3 is 2.30 bits per heavy atom. The third-order valence-electron chi connectivity index (χ3n) is 2.77. The van der Waals surface area contributed by atoms with Gasteiger partial charge in [-0.2, -0.15) is 0 Å². The molecule has 0 amide bonds. The molecule has 2 heterocycles. The van der Waals surface area contributed by atoms with Crippen molar-refractivity contribution in [3.05, 3.63) is 0 Å². The fourth-order valence-electron chi connectivity index (χ4n) is 1.53. The van der Waals surface area contributed by atoms with Crippen molar-refractivity contribution in [3.63, 3.8) is 0 Å². The summed E-state index contributed by atoms with van der Waals surface area (Å²) >= 11 is 0. The largest absolute Gasteiger partial charge is 0.354 e. The maximum Gasteiger partial charge on any atom is 0.194 e. The Balaban J connectivity index is 2.16. The van der Waals surface area contributed by atoms with Crippen molar-refractivity contribution >= 4 is 7.85 Å². The molecule has 3 heteroatoms. The molecule has 4 atom stereocenters. The molecule has 2 saturated heterocycles. The van der Waals surface area contributed by atoms with Crippen LogP contribution in [0.2, 0.25) is 0 Å². The van der Waals surface area contributed by atoms with Crippen LogP contribution in [0.5, 0.6) is 0 Å². The first-order valence-electron chi connectivity index (χ1n) is 3.73. The fraction of sp³-hybridized carbons (Fsp3) is 1.00. The molecule has 2 aliphatic heterocycles. The fourth-order valence-corrected chi connectivity index (χ4v) is 1.53. The highest BCUT2D eigenvalue weighted by molar-refractivity contribution is 6.11. The number of ether oxygens (including phenoxy) is 2. The summed E-state index contributed by atoms with van der Waals surface area (Å²) < 4.78 is 10.6. The third-order valence-corrected chi connectivity index (χ3v) is 2.77. The minimum atomic E-state index is -0.279. The van der Waals surface area contributed by atoms with Gasteiger partial charge in [0.2, 0.25) is 0 Å². The molecular weight excluding hydrogens is 127 g/mol. The minimum Gasteiger partial charge on any atom is -0.354 e. The van der Waals surface area contributed by atoms with Gasteiger partial charge in [0.15, 0.2) is 5.79 Å². The van der Waals surface area contributed by atoms with E-state index in [0.717, 1.165) is 6.61 Å². The van der Waals surface area contributed by atoms with Crippen molar-refractivity contribution in [1.82, 2.24) is 0 Å². The summed E-state index contributed by atoms with van der Waals surface area (Å²) in [6.45, 7) is 4.96. The lowest BCUT2D eigenvalue weighted by atomic mass is 9.82. The number of hydrogen-bond acceptors (Lipinski definition) is 2. The van der Waals surface area contributed by atoms with Crippen molar-refractivity contribution in [1.29, 1.82) is 0 Å². The van der Waals surface area contributed by atoms with Crippen molar-refractivity contribution in [3.8, 4) is 0 Å². The van der Waals surface area contributed by atoms with Gasteiger partial charge in [-0.05, 0) is 5.92 Å². The summed E-state index contributed by atoms with van der Waals surface area (Å²) in [5.41, 5.74) is 0. The standard InChI is InChI=1S/C7H11BO2/c1-4-5(2)7(3-9-7)10-6(4)8/h4-6H,3H2,1-2H3. The van der Waals surface area contributed by atoms with Crippen LogP contribution in [0.4, 0.5) is 0 Å². The zero-order chi connectivity index (χ0) is 7.35. The SMILES string of the molecule is [B]C1OC2(CO2)C(C)C1C. The lowest BCUT2D eigenvalue weighted by Gasteiger charge is -2.10. The van der Waals surface area contributed by atoms with E-state index in [1.807, 2.05) is 0 Å². The van der Waals surface area contributed by atoms with E-state index >= 15 is 0 Å². The lowest BCUT2D eigenvalue weighted by molar-refractivity contribution is -0.0289. The molecule has 2 aliphatic rings. The average Bonchev–Trinajstić information content (AvgIpc) is 2.62. The van der Waals surface area contributed by atoms with E-state index < -0.39 is 0 Å². The van der Waals surface area contributed by atoms with Gasteiger partial charge in [-0.25, -0.2) is 0 Å². The molecule has 0 aromatic heterocycles. The zero-order valence-electron chi connectivity index (χ0n) is 6.33. The summed E-state index contributed by atoms with van der Waals surface area (Å²) in [6, 6.07) is -0.127. The molecule has 4 unspecified atom stereocenters. The van der Waals surface area contributed by atoms with E-state index in [4.69, 9.17) is 17.3 Å². The second kappa shape index (κ2) is 1.77. The van der Waals surface area contributed by atoms with E-state index in [1.54, 1.807) is 0 Å². The molecule has 0 N–H and O–H groups in total. The maximum atomic E-state index is 5.68. The molecule has 54 valence electrons. The number of rotatable bonds is 0. The van der Waals surface area contributed by atoms with E-state index in [2.05, 4.69) is 13.8 Å². The van der Waals surface area contributed by atoms with Crippen molar-refractivity contribution in [2.45, 2.75) is 25.6 Å². The summed E-state index contributed by atoms with van der Waals surface area (Å²) in [5.74, 6) is 0.587. The van der Waals surface area contributed by atoms with Gasteiger partial charge in [0.05, 0.1) is 0 Å². The van der Waals surface area contributed by atoms with E-state index in [9.17, 15) is 0 Å². The quantitative estimate of drug-likeness (QED) is 0.359. The van der Waals surface area contributed by atoms with Gasteiger partial charge in [0.1, 0.15) is 14.5 Å². The Morgan fingerprint density at radius 2 is 2.10 bits per heavy atom. The number of epoxide rings is 1.